The molecule has 6 nitrogen and oxygen atoms in total. The number of ether oxygens (including phenoxy) is 1. The molecule has 1 saturated carbocycles. The molecule has 2 aromatic rings. The maximum absolute atomic E-state index is 14.8. The summed E-state index contributed by atoms with van der Waals surface area (Å²) in [6.45, 7) is 1.77. The number of alkyl halides is 3. The number of hydroxylamine groups is 1. The summed E-state index contributed by atoms with van der Waals surface area (Å²) in [7, 11) is -2.09. The number of amides is 1. The number of hydrogen-bond donors (Lipinski definition) is 0. The minimum absolute atomic E-state index is 0.138. The molecule has 0 radical (unpaired) electrons. The zero-order chi connectivity index (χ0) is 25.3. The minimum Gasteiger partial charge on any atom is -0.744 e. The van der Waals surface area contributed by atoms with Crippen molar-refractivity contribution in [1.82, 2.24) is 9.37 Å². The number of halogens is 4. The van der Waals surface area contributed by atoms with Crippen LogP contribution in [0.2, 0.25) is 0 Å². The molecule has 1 unspecified atom stereocenters. The Morgan fingerprint density at radius 1 is 1.14 bits per heavy atom. The first-order chi connectivity index (χ1) is 16.5. The average molecular weight is 514 g/mol. The molecule has 0 N–H and O–H groups in total. The van der Waals surface area contributed by atoms with Crippen LogP contribution in [0.15, 0.2) is 36.4 Å². The molecule has 2 aliphatic rings. The van der Waals surface area contributed by atoms with Crippen molar-refractivity contribution in [2.45, 2.75) is 50.4 Å². The van der Waals surface area contributed by atoms with Gasteiger partial charge in [0.2, 0.25) is 0 Å². The van der Waals surface area contributed by atoms with Crippen LogP contribution in [0.4, 0.5) is 17.6 Å². The zero-order valence-electron chi connectivity index (χ0n) is 19.0. The van der Waals surface area contributed by atoms with Crippen molar-refractivity contribution in [2.24, 2.45) is 0 Å². The molecule has 1 heterocycles. The van der Waals surface area contributed by atoms with Gasteiger partial charge in [-0.25, -0.2) is 8.60 Å². The number of benzene rings is 2. The van der Waals surface area contributed by atoms with Crippen molar-refractivity contribution < 1.29 is 31.3 Å². The van der Waals surface area contributed by atoms with E-state index in [-0.39, 0.29) is 22.1 Å². The quantitative estimate of drug-likeness (QED) is 0.385. The Hall–Kier alpha value is -2.50. The first-order valence-electron chi connectivity index (χ1n) is 11.3. The van der Waals surface area contributed by atoms with Crippen molar-refractivity contribution in [3.8, 4) is 5.75 Å². The van der Waals surface area contributed by atoms with Crippen molar-refractivity contribution in [1.29, 1.82) is 0 Å². The fourth-order valence-corrected chi connectivity index (χ4v) is 4.59. The predicted molar refractivity (Wildman–Crippen MR) is 122 cm³/mol. The SMILES string of the molecule is CS(=O)N([O-])C(=O)c1cc(C2CC2)c(CN2CCC(Oc3ccc(C(F)(F)F)cc3)CC2)cc1F. The monoisotopic (exact) mass is 513 g/mol. The van der Waals surface area contributed by atoms with Gasteiger partial charge >= 0.3 is 6.18 Å². The summed E-state index contributed by atoms with van der Waals surface area (Å²) in [6, 6.07) is 7.34. The van der Waals surface area contributed by atoms with E-state index >= 15 is 0 Å². The lowest BCUT2D eigenvalue weighted by Crippen LogP contribution is -2.38. The normalized spacial score (nSPS) is 18.3. The molecule has 1 atom stereocenters. The lowest BCUT2D eigenvalue weighted by atomic mass is 9.97. The Labute approximate surface area is 203 Å². The van der Waals surface area contributed by atoms with Crippen LogP contribution in [0.5, 0.6) is 5.75 Å². The Bertz CT molecular complexity index is 1100. The summed E-state index contributed by atoms with van der Waals surface area (Å²) < 4.78 is 69.9. The van der Waals surface area contributed by atoms with Gasteiger partial charge in [-0.3, -0.25) is 9.69 Å². The molecule has 0 spiro atoms. The third-order valence-corrected chi connectivity index (χ3v) is 6.92. The van der Waals surface area contributed by atoms with Crippen LogP contribution in [-0.2, 0) is 23.7 Å². The molecule has 0 aromatic heterocycles. The fraction of sp³-hybridized carbons (Fsp3) is 0.458. The summed E-state index contributed by atoms with van der Waals surface area (Å²) in [5.41, 5.74) is 0.480. The second-order valence-corrected chi connectivity index (χ2v) is 10.1. The number of hydrogen-bond acceptors (Lipinski definition) is 5. The lowest BCUT2D eigenvalue weighted by Gasteiger charge is -2.33. The number of carbonyl (C=O) groups is 1. The Balaban J connectivity index is 1.38. The highest BCUT2D eigenvalue weighted by Gasteiger charge is 2.31. The first-order valence-corrected chi connectivity index (χ1v) is 12.8. The fourth-order valence-electron chi connectivity index (χ4n) is 4.26. The maximum Gasteiger partial charge on any atom is 0.416 e. The average Bonchev–Trinajstić information content (AvgIpc) is 3.64. The van der Waals surface area contributed by atoms with Gasteiger partial charge in [0.25, 0.3) is 5.91 Å². The highest BCUT2D eigenvalue weighted by atomic mass is 32.2. The molecule has 1 saturated heterocycles. The third kappa shape index (κ3) is 6.20. The molecular formula is C24H25F4N2O4S-. The van der Waals surface area contributed by atoms with Gasteiger partial charge in [-0.1, -0.05) is 0 Å². The van der Waals surface area contributed by atoms with Crippen molar-refractivity contribution in [3.63, 3.8) is 0 Å². The second kappa shape index (κ2) is 10.2. The van der Waals surface area contributed by atoms with Gasteiger partial charge in [0.05, 0.1) is 11.1 Å². The molecule has 1 amide bonds. The Morgan fingerprint density at radius 3 is 2.31 bits per heavy atom. The number of rotatable bonds is 7. The first kappa shape index (κ1) is 25.6. The van der Waals surface area contributed by atoms with Crippen LogP contribution < -0.4 is 4.74 Å². The topological polar surface area (TPSA) is 72.9 Å². The highest BCUT2D eigenvalue weighted by Crippen LogP contribution is 2.43. The van der Waals surface area contributed by atoms with Crippen molar-refractivity contribution in [3.05, 3.63) is 69.7 Å². The number of piperidine rings is 1. The van der Waals surface area contributed by atoms with Gasteiger partial charge in [-0.05, 0) is 79.1 Å². The Kier molecular flexibility index (Phi) is 7.48. The van der Waals surface area contributed by atoms with E-state index in [0.717, 1.165) is 42.4 Å². The van der Waals surface area contributed by atoms with Crippen LogP contribution in [0.1, 0.15) is 58.6 Å². The summed E-state index contributed by atoms with van der Waals surface area (Å²) >= 11 is 0. The van der Waals surface area contributed by atoms with E-state index in [4.69, 9.17) is 4.74 Å². The standard InChI is InChI=1S/C24H25F4N2O4S/c1-35(33)30(32)23(31)21-13-20(15-2-3-15)16(12-22(21)25)14-29-10-8-19(9-11-29)34-18-6-4-17(5-7-18)24(26,27)28/h4-7,12-13,15,19H,2-3,8-11,14H2,1H3/q-1. The van der Waals surface area contributed by atoms with Crippen molar-refractivity contribution >= 4 is 16.9 Å². The highest BCUT2D eigenvalue weighted by molar-refractivity contribution is 7.82. The molecule has 4 rings (SSSR count). The van der Waals surface area contributed by atoms with E-state index < -0.39 is 34.4 Å². The summed E-state index contributed by atoms with van der Waals surface area (Å²) in [5.74, 6) is -1.39. The number of likely N-dealkylation sites (tertiary alicyclic amines) is 1. The van der Waals surface area contributed by atoms with Gasteiger partial charge in [0, 0.05) is 25.9 Å². The molecule has 1 aliphatic carbocycles. The molecule has 2 aromatic carbocycles. The van der Waals surface area contributed by atoms with Crippen LogP contribution in [-0.4, -0.2) is 44.9 Å². The molecule has 35 heavy (non-hydrogen) atoms. The van der Waals surface area contributed by atoms with Gasteiger partial charge in [0.1, 0.15) is 28.7 Å². The zero-order valence-corrected chi connectivity index (χ0v) is 19.8. The van der Waals surface area contributed by atoms with E-state index in [2.05, 4.69) is 4.90 Å². The van der Waals surface area contributed by atoms with Gasteiger partial charge in [-0.15, -0.1) is 0 Å². The van der Waals surface area contributed by atoms with E-state index in [1.54, 1.807) is 0 Å². The summed E-state index contributed by atoms with van der Waals surface area (Å²) in [4.78, 5) is 14.4. The summed E-state index contributed by atoms with van der Waals surface area (Å²) in [5, 5.41) is 11.7. The Morgan fingerprint density at radius 2 is 1.77 bits per heavy atom. The van der Waals surface area contributed by atoms with E-state index in [1.807, 2.05) is 0 Å². The number of carbonyl (C=O) groups excluding carboxylic acids is 1. The molecule has 1 aliphatic heterocycles. The molecule has 11 heteroatoms. The van der Waals surface area contributed by atoms with Crippen LogP contribution in [0.3, 0.4) is 0 Å². The largest absolute Gasteiger partial charge is 0.744 e. The summed E-state index contributed by atoms with van der Waals surface area (Å²) in [6.07, 6.45) is -0.327. The number of nitrogens with zero attached hydrogens (tertiary/aromatic N) is 2. The van der Waals surface area contributed by atoms with E-state index in [0.29, 0.717) is 38.2 Å². The molecule has 0 bridgehead atoms. The van der Waals surface area contributed by atoms with Gasteiger partial charge < -0.3 is 14.4 Å². The van der Waals surface area contributed by atoms with E-state index in [9.17, 15) is 31.8 Å². The third-order valence-electron chi connectivity index (χ3n) is 6.29. The smallest absolute Gasteiger partial charge is 0.416 e. The van der Waals surface area contributed by atoms with Crippen LogP contribution >= 0.6 is 0 Å². The molecular weight excluding hydrogens is 488 g/mol. The van der Waals surface area contributed by atoms with E-state index in [1.165, 1.54) is 24.3 Å². The van der Waals surface area contributed by atoms with Crippen LogP contribution in [0, 0.1) is 11.0 Å². The van der Waals surface area contributed by atoms with Crippen molar-refractivity contribution in [2.75, 3.05) is 19.3 Å². The molecule has 190 valence electrons. The lowest BCUT2D eigenvalue weighted by molar-refractivity contribution is -0.137. The predicted octanol–water partition coefficient (Wildman–Crippen LogP) is 5.00. The van der Waals surface area contributed by atoms with Gasteiger partial charge in [-0.2, -0.15) is 13.2 Å². The molecule has 2 fully saturated rings. The minimum atomic E-state index is -4.39. The van der Waals surface area contributed by atoms with Crippen LogP contribution in [0.25, 0.3) is 0 Å². The maximum atomic E-state index is 14.8. The van der Waals surface area contributed by atoms with Gasteiger partial charge in [0.15, 0.2) is 0 Å². The second-order valence-electron chi connectivity index (χ2n) is 8.91.